The van der Waals surface area contributed by atoms with Crippen LogP contribution in [0, 0.1) is 5.41 Å². The zero-order valence-electron chi connectivity index (χ0n) is 8.13. The number of Topliss-reactive ketones (excluding diaryl/α,β-unsaturated/α-hetero) is 2. The zero-order chi connectivity index (χ0) is 10.7. The molecular formula is C11H11NO2. The van der Waals surface area contributed by atoms with Crippen molar-refractivity contribution in [3.63, 3.8) is 0 Å². The molecule has 14 heavy (non-hydrogen) atoms. The number of carbonyl (C=O) groups excluding carboxylic acids is 2. The minimum Gasteiger partial charge on any atom is -0.297 e. The number of hydrogen-bond acceptors (Lipinski definition) is 3. The normalized spacial score (nSPS) is 9.57. The Balaban J connectivity index is 3.27. The van der Waals surface area contributed by atoms with Crippen molar-refractivity contribution in [3.05, 3.63) is 35.4 Å². The summed E-state index contributed by atoms with van der Waals surface area (Å²) >= 11 is 0. The molecule has 0 amide bonds. The van der Waals surface area contributed by atoms with Crippen molar-refractivity contribution in [1.82, 2.24) is 0 Å². The van der Waals surface area contributed by atoms with Crippen LogP contribution in [0.3, 0.4) is 0 Å². The van der Waals surface area contributed by atoms with Crippen LogP contribution in [0.15, 0.2) is 24.3 Å². The van der Waals surface area contributed by atoms with Crippen molar-refractivity contribution >= 4 is 17.3 Å². The van der Waals surface area contributed by atoms with Gasteiger partial charge in [0.25, 0.3) is 0 Å². The number of ketones is 2. The van der Waals surface area contributed by atoms with Gasteiger partial charge >= 0.3 is 0 Å². The second-order valence-electron chi connectivity index (χ2n) is 3.03. The summed E-state index contributed by atoms with van der Waals surface area (Å²) in [5.41, 5.74) is 0.719. The van der Waals surface area contributed by atoms with Crippen LogP contribution in [0.25, 0.3) is 0 Å². The maximum absolute atomic E-state index is 11.2. The van der Waals surface area contributed by atoms with Crippen LogP contribution in [0.5, 0.6) is 0 Å². The Morgan fingerprint density at radius 1 is 1.07 bits per heavy atom. The topological polar surface area (TPSA) is 58.0 Å². The van der Waals surface area contributed by atoms with Crippen LogP contribution in [-0.2, 0) is 4.79 Å². The molecule has 0 aliphatic heterocycles. The highest BCUT2D eigenvalue weighted by molar-refractivity contribution is 6.45. The van der Waals surface area contributed by atoms with Crippen molar-refractivity contribution < 1.29 is 9.59 Å². The smallest absolute Gasteiger partial charge is 0.178 e. The first kappa shape index (κ1) is 10.3. The van der Waals surface area contributed by atoms with E-state index in [0.717, 1.165) is 0 Å². The average Bonchev–Trinajstić information content (AvgIpc) is 2.16. The lowest BCUT2D eigenvalue weighted by Crippen LogP contribution is -2.13. The summed E-state index contributed by atoms with van der Waals surface area (Å²) in [6.07, 6.45) is 0. The van der Waals surface area contributed by atoms with Crippen LogP contribution < -0.4 is 0 Å². The van der Waals surface area contributed by atoms with Gasteiger partial charge in [0.15, 0.2) is 11.6 Å². The van der Waals surface area contributed by atoms with E-state index in [1.165, 1.54) is 13.8 Å². The molecule has 1 aromatic carbocycles. The third-order valence-corrected chi connectivity index (χ3v) is 1.93. The lowest BCUT2D eigenvalue weighted by Gasteiger charge is -2.04. The number of benzene rings is 1. The number of rotatable bonds is 3. The lowest BCUT2D eigenvalue weighted by molar-refractivity contribution is -0.111. The molecule has 3 nitrogen and oxygen atoms in total. The summed E-state index contributed by atoms with van der Waals surface area (Å²) < 4.78 is 0. The molecular weight excluding hydrogens is 178 g/mol. The lowest BCUT2D eigenvalue weighted by atomic mass is 9.99. The Bertz CT molecular complexity index is 408. The van der Waals surface area contributed by atoms with E-state index in [-0.39, 0.29) is 17.3 Å². The van der Waals surface area contributed by atoms with E-state index in [0.29, 0.717) is 11.1 Å². The highest BCUT2D eigenvalue weighted by atomic mass is 16.1. The van der Waals surface area contributed by atoms with Crippen LogP contribution in [0.1, 0.15) is 29.8 Å². The van der Waals surface area contributed by atoms with Crippen molar-refractivity contribution in [2.24, 2.45) is 0 Å². The molecule has 0 heterocycles. The Hall–Kier alpha value is -1.77. The molecule has 0 radical (unpaired) electrons. The fourth-order valence-electron chi connectivity index (χ4n) is 1.20. The summed E-state index contributed by atoms with van der Waals surface area (Å²) in [6, 6.07) is 6.66. The maximum atomic E-state index is 11.2. The SMILES string of the molecule is CC(=O)C(=N)c1ccccc1C(C)=O. The molecule has 0 bridgehead atoms. The predicted octanol–water partition coefficient (Wildman–Crippen LogP) is 1.85. The Morgan fingerprint density at radius 2 is 1.57 bits per heavy atom. The quantitative estimate of drug-likeness (QED) is 0.582. The Kier molecular flexibility index (Phi) is 2.92. The van der Waals surface area contributed by atoms with Gasteiger partial charge in [-0.25, -0.2) is 0 Å². The summed E-state index contributed by atoms with van der Waals surface area (Å²) in [4.78, 5) is 22.2. The van der Waals surface area contributed by atoms with Gasteiger partial charge in [-0.1, -0.05) is 24.3 Å². The van der Waals surface area contributed by atoms with Gasteiger partial charge in [-0.3, -0.25) is 15.0 Å². The second-order valence-corrected chi connectivity index (χ2v) is 3.03. The van der Waals surface area contributed by atoms with E-state index >= 15 is 0 Å². The van der Waals surface area contributed by atoms with Crippen LogP contribution in [0.2, 0.25) is 0 Å². The number of hydrogen-bond donors (Lipinski definition) is 1. The third-order valence-electron chi connectivity index (χ3n) is 1.93. The summed E-state index contributed by atoms with van der Waals surface area (Å²) in [5, 5.41) is 7.52. The van der Waals surface area contributed by atoms with Crippen LogP contribution in [0.4, 0.5) is 0 Å². The third kappa shape index (κ3) is 1.93. The molecule has 0 atom stereocenters. The number of nitrogens with one attached hydrogen (secondary N) is 1. The van der Waals surface area contributed by atoms with Gasteiger partial charge in [-0.2, -0.15) is 0 Å². The second kappa shape index (κ2) is 3.96. The first-order chi connectivity index (χ1) is 6.54. The molecule has 0 saturated heterocycles. The largest absolute Gasteiger partial charge is 0.297 e. The molecule has 0 aromatic heterocycles. The van der Waals surface area contributed by atoms with E-state index < -0.39 is 0 Å². The average molecular weight is 189 g/mol. The zero-order valence-corrected chi connectivity index (χ0v) is 8.13. The van der Waals surface area contributed by atoms with Crippen molar-refractivity contribution in [1.29, 1.82) is 5.41 Å². The standard InChI is InChI=1S/C11H11NO2/c1-7(13)9-5-3-4-6-10(9)11(12)8(2)14/h3-6,12H,1-2H3. The van der Waals surface area contributed by atoms with Crippen molar-refractivity contribution in [2.75, 3.05) is 0 Å². The highest BCUT2D eigenvalue weighted by Crippen LogP contribution is 2.10. The molecule has 0 aliphatic rings. The molecule has 0 spiro atoms. The minimum atomic E-state index is -0.335. The Labute approximate surface area is 82.3 Å². The van der Waals surface area contributed by atoms with E-state index in [1.807, 2.05) is 0 Å². The van der Waals surface area contributed by atoms with Crippen molar-refractivity contribution in [3.8, 4) is 0 Å². The first-order valence-corrected chi connectivity index (χ1v) is 4.24. The molecule has 0 unspecified atom stereocenters. The van der Waals surface area contributed by atoms with Gasteiger partial charge in [0.05, 0.1) is 0 Å². The van der Waals surface area contributed by atoms with Gasteiger partial charge in [0.1, 0.15) is 5.71 Å². The van der Waals surface area contributed by atoms with Gasteiger partial charge in [-0.05, 0) is 6.92 Å². The molecule has 3 heteroatoms. The molecule has 0 fully saturated rings. The summed E-state index contributed by atoms with van der Waals surface area (Å²) in [5.74, 6) is -0.467. The van der Waals surface area contributed by atoms with E-state index in [2.05, 4.69) is 0 Å². The fraction of sp³-hybridized carbons (Fsp3) is 0.182. The van der Waals surface area contributed by atoms with Crippen LogP contribution in [-0.4, -0.2) is 17.3 Å². The van der Waals surface area contributed by atoms with E-state index in [4.69, 9.17) is 5.41 Å². The van der Waals surface area contributed by atoms with Gasteiger partial charge in [-0.15, -0.1) is 0 Å². The van der Waals surface area contributed by atoms with E-state index in [9.17, 15) is 9.59 Å². The molecule has 1 rings (SSSR count). The summed E-state index contributed by atoms with van der Waals surface area (Å²) in [7, 11) is 0. The minimum absolute atomic E-state index is 0.115. The molecule has 1 aromatic rings. The van der Waals surface area contributed by atoms with Gasteiger partial charge in [0.2, 0.25) is 0 Å². The first-order valence-electron chi connectivity index (χ1n) is 4.24. The molecule has 1 N–H and O–H groups in total. The fourth-order valence-corrected chi connectivity index (χ4v) is 1.20. The monoisotopic (exact) mass is 189 g/mol. The molecule has 0 aliphatic carbocycles. The van der Waals surface area contributed by atoms with E-state index in [1.54, 1.807) is 24.3 Å². The highest BCUT2D eigenvalue weighted by Gasteiger charge is 2.13. The van der Waals surface area contributed by atoms with Crippen LogP contribution >= 0.6 is 0 Å². The number of carbonyl (C=O) groups is 2. The Morgan fingerprint density at radius 3 is 2.00 bits per heavy atom. The predicted molar refractivity (Wildman–Crippen MR) is 54.0 cm³/mol. The molecule has 72 valence electrons. The van der Waals surface area contributed by atoms with Gasteiger partial charge in [0, 0.05) is 18.1 Å². The maximum Gasteiger partial charge on any atom is 0.178 e. The summed E-state index contributed by atoms with van der Waals surface area (Å²) in [6.45, 7) is 2.74. The van der Waals surface area contributed by atoms with Crippen molar-refractivity contribution in [2.45, 2.75) is 13.8 Å². The van der Waals surface area contributed by atoms with Gasteiger partial charge < -0.3 is 0 Å². The molecule has 0 saturated carbocycles.